The zero-order chi connectivity index (χ0) is 11.0. The Hall–Kier alpha value is -0.120. The molecule has 4 bridgehead atoms. The molecule has 0 amide bonds. The largest absolute Gasteiger partial charge is 0.382 e. The van der Waals surface area contributed by atoms with Crippen molar-refractivity contribution in [3.05, 3.63) is 0 Å². The van der Waals surface area contributed by atoms with E-state index in [1.807, 2.05) is 0 Å². The average molecular weight is 225 g/mol. The summed E-state index contributed by atoms with van der Waals surface area (Å²) in [5.41, 5.74) is 3.32. The predicted octanol–water partition coefficient (Wildman–Crippen LogP) is 1.98. The smallest absolute Gasteiger partial charge is 0.0915 e. The molecule has 0 aromatic heterocycles. The average Bonchev–Trinajstić information content (AvgIpc) is 2.26. The third kappa shape index (κ3) is 2.01. The molecule has 4 saturated carbocycles. The topological polar surface area (TPSA) is 30.5 Å². The summed E-state index contributed by atoms with van der Waals surface area (Å²) < 4.78 is 4.98. The Kier molecular flexibility index (Phi) is 3.18. The van der Waals surface area contributed by atoms with Gasteiger partial charge in [0.2, 0.25) is 0 Å². The van der Waals surface area contributed by atoms with Gasteiger partial charge in [0.05, 0.1) is 13.2 Å². The van der Waals surface area contributed by atoms with Gasteiger partial charge in [0.15, 0.2) is 0 Å². The summed E-state index contributed by atoms with van der Waals surface area (Å²) in [4.78, 5) is 5.52. The number of hydrogen-bond acceptors (Lipinski definition) is 3. The molecular formula is C13H23NO2. The van der Waals surface area contributed by atoms with Crippen LogP contribution in [-0.4, -0.2) is 26.4 Å². The number of methoxy groups -OCH3 is 1. The van der Waals surface area contributed by atoms with Crippen LogP contribution in [0.5, 0.6) is 0 Å². The lowest BCUT2D eigenvalue weighted by atomic mass is 9.54. The van der Waals surface area contributed by atoms with E-state index in [4.69, 9.17) is 9.57 Å². The van der Waals surface area contributed by atoms with E-state index in [9.17, 15) is 0 Å². The van der Waals surface area contributed by atoms with Crippen molar-refractivity contribution in [3.8, 4) is 0 Å². The van der Waals surface area contributed by atoms with Crippen molar-refractivity contribution in [2.45, 2.75) is 38.1 Å². The third-order valence-corrected chi connectivity index (χ3v) is 4.84. The second kappa shape index (κ2) is 4.63. The fourth-order valence-electron chi connectivity index (χ4n) is 4.40. The lowest BCUT2D eigenvalue weighted by molar-refractivity contribution is -0.0944. The molecule has 0 spiro atoms. The van der Waals surface area contributed by atoms with Crippen LogP contribution in [0.1, 0.15) is 32.1 Å². The summed E-state index contributed by atoms with van der Waals surface area (Å²) in [7, 11) is 1.71. The lowest BCUT2D eigenvalue weighted by Gasteiger charge is -2.54. The molecule has 0 atom stereocenters. The molecule has 3 nitrogen and oxygen atoms in total. The number of nitrogens with one attached hydrogen (secondary N) is 1. The van der Waals surface area contributed by atoms with Crippen LogP contribution in [0.4, 0.5) is 0 Å². The summed E-state index contributed by atoms with van der Waals surface area (Å²) >= 11 is 0. The first kappa shape index (κ1) is 11.0. The van der Waals surface area contributed by atoms with Crippen molar-refractivity contribution in [1.82, 2.24) is 5.48 Å². The normalized spacial score (nSPS) is 45.2. The molecule has 4 aliphatic carbocycles. The molecule has 3 heteroatoms. The molecule has 0 aromatic carbocycles. The predicted molar refractivity (Wildman–Crippen MR) is 61.8 cm³/mol. The van der Waals surface area contributed by atoms with Gasteiger partial charge >= 0.3 is 0 Å². The second-order valence-corrected chi connectivity index (χ2v) is 5.92. The van der Waals surface area contributed by atoms with Crippen molar-refractivity contribution >= 4 is 0 Å². The van der Waals surface area contributed by atoms with E-state index in [2.05, 4.69) is 5.48 Å². The van der Waals surface area contributed by atoms with Gasteiger partial charge < -0.3 is 4.74 Å². The molecule has 0 unspecified atom stereocenters. The minimum Gasteiger partial charge on any atom is -0.382 e. The zero-order valence-corrected chi connectivity index (χ0v) is 10.2. The fraction of sp³-hybridized carbons (Fsp3) is 1.00. The Morgan fingerprint density at radius 3 is 2.12 bits per heavy atom. The molecule has 0 aliphatic heterocycles. The fourth-order valence-corrected chi connectivity index (χ4v) is 4.40. The first-order chi connectivity index (χ1) is 7.86. The molecule has 4 fully saturated rings. The summed E-state index contributed by atoms with van der Waals surface area (Å²) in [5, 5.41) is 0. The Balaban J connectivity index is 1.52. The van der Waals surface area contributed by atoms with Crippen molar-refractivity contribution in [1.29, 1.82) is 0 Å². The van der Waals surface area contributed by atoms with Gasteiger partial charge in [-0.15, -0.1) is 0 Å². The maximum Gasteiger partial charge on any atom is 0.0915 e. The number of ether oxygens (including phenoxy) is 1. The number of rotatable bonds is 5. The highest BCUT2D eigenvalue weighted by molar-refractivity contribution is 5.00. The standard InChI is InChI=1S/C13H23NO2/c1-15-2-3-16-14-13-11-5-9-4-10(7-11)8-12(13)6-9/h9-14H,2-8H2,1H3. The summed E-state index contributed by atoms with van der Waals surface area (Å²) in [6, 6.07) is 0.629. The van der Waals surface area contributed by atoms with Gasteiger partial charge in [-0.25, -0.2) is 0 Å². The van der Waals surface area contributed by atoms with E-state index in [0.29, 0.717) is 19.3 Å². The summed E-state index contributed by atoms with van der Waals surface area (Å²) in [6.07, 6.45) is 7.29. The minimum absolute atomic E-state index is 0.629. The van der Waals surface area contributed by atoms with Crippen LogP contribution in [0, 0.1) is 23.7 Å². The summed E-state index contributed by atoms with van der Waals surface area (Å²) in [6.45, 7) is 1.35. The van der Waals surface area contributed by atoms with Crippen LogP contribution in [0.15, 0.2) is 0 Å². The Morgan fingerprint density at radius 2 is 1.56 bits per heavy atom. The highest BCUT2D eigenvalue weighted by Crippen LogP contribution is 2.53. The molecule has 1 N–H and O–H groups in total. The van der Waals surface area contributed by atoms with E-state index in [-0.39, 0.29) is 0 Å². The zero-order valence-electron chi connectivity index (χ0n) is 10.2. The Labute approximate surface area is 97.8 Å². The van der Waals surface area contributed by atoms with Crippen molar-refractivity contribution in [3.63, 3.8) is 0 Å². The van der Waals surface area contributed by atoms with Gasteiger partial charge in [0.1, 0.15) is 0 Å². The van der Waals surface area contributed by atoms with Crippen molar-refractivity contribution < 1.29 is 9.57 Å². The van der Waals surface area contributed by atoms with Gasteiger partial charge in [0, 0.05) is 13.2 Å². The highest BCUT2D eigenvalue weighted by Gasteiger charge is 2.48. The van der Waals surface area contributed by atoms with Gasteiger partial charge in [-0.05, 0) is 55.8 Å². The molecule has 92 valence electrons. The van der Waals surface area contributed by atoms with Crippen LogP contribution < -0.4 is 5.48 Å². The molecule has 4 rings (SSSR count). The first-order valence-electron chi connectivity index (χ1n) is 6.73. The number of hydroxylamine groups is 1. The molecule has 0 aromatic rings. The molecule has 0 saturated heterocycles. The van der Waals surface area contributed by atoms with Crippen LogP contribution in [0.3, 0.4) is 0 Å². The Morgan fingerprint density at radius 1 is 0.938 bits per heavy atom. The highest BCUT2D eigenvalue weighted by atomic mass is 16.7. The monoisotopic (exact) mass is 225 g/mol. The third-order valence-electron chi connectivity index (χ3n) is 4.84. The first-order valence-corrected chi connectivity index (χ1v) is 6.73. The molecular weight excluding hydrogens is 202 g/mol. The van der Waals surface area contributed by atoms with E-state index in [1.165, 1.54) is 32.1 Å². The van der Waals surface area contributed by atoms with Crippen LogP contribution in [0.2, 0.25) is 0 Å². The second-order valence-electron chi connectivity index (χ2n) is 5.92. The van der Waals surface area contributed by atoms with Crippen molar-refractivity contribution in [2.24, 2.45) is 23.7 Å². The molecule has 0 radical (unpaired) electrons. The molecule has 0 heterocycles. The van der Waals surface area contributed by atoms with Gasteiger partial charge in [0.25, 0.3) is 0 Å². The van der Waals surface area contributed by atoms with E-state index in [0.717, 1.165) is 23.7 Å². The van der Waals surface area contributed by atoms with E-state index in [1.54, 1.807) is 7.11 Å². The minimum atomic E-state index is 0.629. The van der Waals surface area contributed by atoms with Gasteiger partial charge in [-0.1, -0.05) is 0 Å². The van der Waals surface area contributed by atoms with Crippen molar-refractivity contribution in [2.75, 3.05) is 20.3 Å². The van der Waals surface area contributed by atoms with Crippen LogP contribution in [0.25, 0.3) is 0 Å². The van der Waals surface area contributed by atoms with Crippen LogP contribution >= 0.6 is 0 Å². The Bertz CT molecular complexity index is 216. The quantitative estimate of drug-likeness (QED) is 0.573. The van der Waals surface area contributed by atoms with Gasteiger partial charge in [-0.2, -0.15) is 5.48 Å². The molecule has 16 heavy (non-hydrogen) atoms. The lowest BCUT2D eigenvalue weighted by Crippen LogP contribution is -2.54. The number of hydrogen-bond donors (Lipinski definition) is 1. The van der Waals surface area contributed by atoms with Gasteiger partial charge in [-0.3, -0.25) is 4.84 Å². The maximum atomic E-state index is 5.52. The maximum absolute atomic E-state index is 5.52. The molecule has 4 aliphatic rings. The SMILES string of the molecule is COCCONC1C2CC3CC(C2)CC1C3. The summed E-state index contributed by atoms with van der Waals surface area (Å²) in [5.74, 6) is 3.86. The van der Waals surface area contributed by atoms with E-state index < -0.39 is 0 Å². The van der Waals surface area contributed by atoms with E-state index >= 15 is 0 Å². The van der Waals surface area contributed by atoms with Crippen LogP contribution in [-0.2, 0) is 9.57 Å².